The first-order valence-corrected chi connectivity index (χ1v) is 13.2. The molecule has 1 saturated carbocycles. The van der Waals surface area contributed by atoms with Crippen LogP contribution in [0.1, 0.15) is 65.7 Å². The third-order valence-corrected chi connectivity index (χ3v) is 6.72. The van der Waals surface area contributed by atoms with Gasteiger partial charge in [0.1, 0.15) is 0 Å². The van der Waals surface area contributed by atoms with E-state index in [9.17, 15) is 4.39 Å². The highest BCUT2D eigenvalue weighted by Crippen LogP contribution is 2.25. The molecule has 9 heteroatoms. The summed E-state index contributed by atoms with van der Waals surface area (Å²) in [6.45, 7) is 10.0. The van der Waals surface area contributed by atoms with Crippen LogP contribution in [-0.4, -0.2) is 59.2 Å². The van der Waals surface area contributed by atoms with Crippen LogP contribution in [0, 0.1) is 11.7 Å². The summed E-state index contributed by atoms with van der Waals surface area (Å²) in [7, 11) is 1.45. The molecule has 2 heterocycles. The molecular weight excluding hydrogens is 445 g/mol. The number of aromatic nitrogens is 3. The zero-order chi connectivity index (χ0) is 25.0. The summed E-state index contributed by atoms with van der Waals surface area (Å²) in [5, 5.41) is 9.93. The van der Waals surface area contributed by atoms with Crippen LogP contribution in [0.5, 0.6) is 5.75 Å². The fourth-order valence-electron chi connectivity index (χ4n) is 4.84. The van der Waals surface area contributed by atoms with E-state index in [-0.39, 0.29) is 5.75 Å². The van der Waals surface area contributed by atoms with Crippen LogP contribution in [0.4, 0.5) is 27.9 Å². The minimum Gasteiger partial charge on any atom is -0.494 e. The molecule has 0 bridgehead atoms. The smallest absolute Gasteiger partial charge is 0.233 e. The van der Waals surface area contributed by atoms with Crippen molar-refractivity contribution in [2.45, 2.75) is 71.8 Å². The summed E-state index contributed by atoms with van der Waals surface area (Å²) in [5.74, 6) is 1.85. The second-order valence-corrected chi connectivity index (χ2v) is 8.97. The van der Waals surface area contributed by atoms with Crippen molar-refractivity contribution in [1.82, 2.24) is 19.9 Å². The number of likely N-dealkylation sites (tertiary alicyclic amines) is 1. The summed E-state index contributed by atoms with van der Waals surface area (Å²) in [4.78, 5) is 16.2. The summed E-state index contributed by atoms with van der Waals surface area (Å²) in [6, 6.07) is 5.19. The number of anilines is 4. The Morgan fingerprint density at radius 2 is 1.63 bits per heavy atom. The lowest BCUT2D eigenvalue weighted by molar-refractivity contribution is 0.277. The van der Waals surface area contributed by atoms with Crippen molar-refractivity contribution in [3.63, 3.8) is 0 Å². The summed E-state index contributed by atoms with van der Waals surface area (Å²) in [6.07, 6.45) is 8.81. The normalized spacial score (nSPS) is 18.5. The third-order valence-electron chi connectivity index (χ3n) is 6.72. The zero-order valence-corrected chi connectivity index (χ0v) is 21.7. The van der Waals surface area contributed by atoms with E-state index in [4.69, 9.17) is 4.74 Å². The number of methoxy groups -OCH3 is 1. The minimum atomic E-state index is -0.438. The standard InChI is InChI=1S/C24H36FN7O.C2H6/c1-3-32-13-7-10-19(32)16-27-23-29-22(26-15-17-8-5-4-6-9-17)30-24(31-23)28-18-11-12-21(33-2)20(25)14-18;1-2/h11-12,14,17,19H,3-10,13,15-16H2,1-2H3,(H3,26,27,28,29,30,31);1-2H3. The molecule has 1 aliphatic carbocycles. The van der Waals surface area contributed by atoms with Crippen molar-refractivity contribution < 1.29 is 9.13 Å². The Labute approximate surface area is 209 Å². The molecule has 2 aromatic rings. The average molecular weight is 488 g/mol. The maximum Gasteiger partial charge on any atom is 0.233 e. The number of hydrogen-bond acceptors (Lipinski definition) is 8. The van der Waals surface area contributed by atoms with E-state index in [0.717, 1.165) is 26.2 Å². The van der Waals surface area contributed by atoms with Gasteiger partial charge >= 0.3 is 0 Å². The van der Waals surface area contributed by atoms with Crippen molar-refractivity contribution in [1.29, 1.82) is 0 Å². The molecule has 0 radical (unpaired) electrons. The summed E-state index contributed by atoms with van der Waals surface area (Å²) in [5.41, 5.74) is 0.552. The Balaban J connectivity index is 0.00000167. The van der Waals surface area contributed by atoms with Crippen molar-refractivity contribution >= 4 is 23.5 Å². The molecule has 1 atom stereocenters. The van der Waals surface area contributed by atoms with Gasteiger partial charge in [-0.15, -0.1) is 0 Å². The van der Waals surface area contributed by atoms with Gasteiger partial charge in [-0.05, 0) is 56.8 Å². The molecule has 1 unspecified atom stereocenters. The minimum absolute atomic E-state index is 0.199. The Bertz CT molecular complexity index is 907. The van der Waals surface area contributed by atoms with Crippen molar-refractivity contribution in [3.8, 4) is 5.75 Å². The summed E-state index contributed by atoms with van der Waals surface area (Å²) < 4.78 is 19.2. The Morgan fingerprint density at radius 3 is 2.29 bits per heavy atom. The second-order valence-electron chi connectivity index (χ2n) is 8.97. The van der Waals surface area contributed by atoms with Crippen LogP contribution in [-0.2, 0) is 0 Å². The van der Waals surface area contributed by atoms with Crippen molar-refractivity contribution in [3.05, 3.63) is 24.0 Å². The predicted octanol–water partition coefficient (Wildman–Crippen LogP) is 5.68. The van der Waals surface area contributed by atoms with Crippen LogP contribution in [0.3, 0.4) is 0 Å². The van der Waals surface area contributed by atoms with E-state index in [2.05, 4.69) is 42.7 Å². The molecule has 4 rings (SSSR count). The van der Waals surface area contributed by atoms with Gasteiger partial charge in [0.2, 0.25) is 17.8 Å². The Morgan fingerprint density at radius 1 is 0.943 bits per heavy atom. The predicted molar refractivity (Wildman–Crippen MR) is 141 cm³/mol. The first kappa shape index (κ1) is 26.9. The van der Waals surface area contributed by atoms with Gasteiger partial charge in [0.15, 0.2) is 11.6 Å². The van der Waals surface area contributed by atoms with E-state index in [1.807, 2.05) is 13.8 Å². The topological polar surface area (TPSA) is 87.2 Å². The number of likely N-dealkylation sites (N-methyl/N-ethyl adjacent to an activating group) is 1. The molecule has 1 saturated heterocycles. The monoisotopic (exact) mass is 487 g/mol. The molecule has 3 N–H and O–H groups in total. The zero-order valence-electron chi connectivity index (χ0n) is 21.7. The molecule has 1 aliphatic heterocycles. The van der Waals surface area contributed by atoms with Crippen molar-refractivity contribution in [2.24, 2.45) is 5.92 Å². The number of hydrogen-bond donors (Lipinski definition) is 3. The van der Waals surface area contributed by atoms with Gasteiger partial charge in [0.25, 0.3) is 0 Å². The first-order valence-electron chi connectivity index (χ1n) is 13.2. The van der Waals surface area contributed by atoms with E-state index in [1.54, 1.807) is 12.1 Å². The van der Waals surface area contributed by atoms with Crippen LogP contribution in [0.15, 0.2) is 18.2 Å². The molecule has 194 valence electrons. The third kappa shape index (κ3) is 7.92. The number of rotatable bonds is 10. The van der Waals surface area contributed by atoms with Crippen LogP contribution < -0.4 is 20.7 Å². The number of ether oxygens (including phenoxy) is 1. The molecule has 2 fully saturated rings. The largest absolute Gasteiger partial charge is 0.494 e. The fourth-order valence-corrected chi connectivity index (χ4v) is 4.84. The highest BCUT2D eigenvalue weighted by atomic mass is 19.1. The maximum absolute atomic E-state index is 14.2. The van der Waals surface area contributed by atoms with Crippen molar-refractivity contribution in [2.75, 3.05) is 49.2 Å². The van der Waals surface area contributed by atoms with E-state index < -0.39 is 5.82 Å². The van der Waals surface area contributed by atoms with Crippen LogP contribution >= 0.6 is 0 Å². The van der Waals surface area contributed by atoms with Gasteiger partial charge in [-0.1, -0.05) is 40.0 Å². The number of nitrogens with zero attached hydrogens (tertiary/aromatic N) is 4. The summed E-state index contributed by atoms with van der Waals surface area (Å²) >= 11 is 0. The lowest BCUT2D eigenvalue weighted by Crippen LogP contribution is -2.35. The number of benzene rings is 1. The Hall–Kier alpha value is -2.68. The molecule has 1 aromatic carbocycles. The van der Waals surface area contributed by atoms with Gasteiger partial charge in [-0.3, -0.25) is 4.90 Å². The van der Waals surface area contributed by atoms with Gasteiger partial charge in [-0.25, -0.2) is 4.39 Å². The molecule has 8 nitrogen and oxygen atoms in total. The molecule has 35 heavy (non-hydrogen) atoms. The van der Waals surface area contributed by atoms with Crippen LogP contribution in [0.25, 0.3) is 0 Å². The van der Waals surface area contributed by atoms with Gasteiger partial charge in [0, 0.05) is 30.9 Å². The number of nitrogens with one attached hydrogen (secondary N) is 3. The van der Waals surface area contributed by atoms with Gasteiger partial charge < -0.3 is 20.7 Å². The highest BCUT2D eigenvalue weighted by molar-refractivity contribution is 5.57. The maximum atomic E-state index is 14.2. The Kier molecular flexibility index (Phi) is 10.8. The lowest BCUT2D eigenvalue weighted by Gasteiger charge is -2.23. The van der Waals surface area contributed by atoms with Gasteiger partial charge in [-0.2, -0.15) is 15.0 Å². The average Bonchev–Trinajstić information content (AvgIpc) is 3.36. The fraction of sp³-hybridized carbons (Fsp3) is 0.654. The second kappa shape index (κ2) is 14.0. The van der Waals surface area contributed by atoms with E-state index in [1.165, 1.54) is 58.1 Å². The molecular formula is C26H42FN7O. The molecule has 1 aromatic heterocycles. The molecule has 0 amide bonds. The highest BCUT2D eigenvalue weighted by Gasteiger charge is 2.23. The SMILES string of the molecule is CC.CCN1CCCC1CNc1nc(NCC2CCCCC2)nc(Nc2ccc(OC)c(F)c2)n1. The van der Waals surface area contributed by atoms with Gasteiger partial charge in [0.05, 0.1) is 7.11 Å². The lowest BCUT2D eigenvalue weighted by atomic mass is 9.89. The van der Waals surface area contributed by atoms with Crippen LogP contribution in [0.2, 0.25) is 0 Å². The van der Waals surface area contributed by atoms with E-state index >= 15 is 0 Å². The number of halogens is 1. The van der Waals surface area contributed by atoms with E-state index in [0.29, 0.717) is 35.5 Å². The quantitative estimate of drug-likeness (QED) is 0.395. The molecule has 2 aliphatic rings. The first-order chi connectivity index (χ1) is 17.1. The molecule has 0 spiro atoms.